The Labute approximate surface area is 225 Å². The summed E-state index contributed by atoms with van der Waals surface area (Å²) in [6, 6.07) is 17.2. The first-order valence-electron chi connectivity index (χ1n) is 12.4. The van der Waals surface area contributed by atoms with E-state index < -0.39 is 5.91 Å². The van der Waals surface area contributed by atoms with Crippen LogP contribution in [0.4, 0.5) is 0 Å². The summed E-state index contributed by atoms with van der Waals surface area (Å²) < 4.78 is 12.6. The number of carbonyl (C=O) groups is 2. The summed E-state index contributed by atoms with van der Waals surface area (Å²) >= 11 is 6.26. The number of piperidine rings is 1. The number of fused-ring (bicyclic) bond motifs is 4. The Balaban J connectivity index is 1.48. The molecule has 1 saturated heterocycles. The van der Waals surface area contributed by atoms with E-state index in [9.17, 15) is 14.4 Å². The molecule has 9 heteroatoms. The average molecular weight is 534 g/mol. The molecule has 1 aromatic heterocycles. The summed E-state index contributed by atoms with van der Waals surface area (Å²) in [5.74, 6) is 0.454. The Morgan fingerprint density at radius 3 is 2.53 bits per heavy atom. The number of hydrogen-bond acceptors (Lipinski definition) is 5. The molecule has 1 fully saturated rings. The number of hydrogen-bond donors (Lipinski definition) is 1. The number of amides is 2. The van der Waals surface area contributed by atoms with Crippen molar-refractivity contribution in [3.8, 4) is 11.5 Å². The van der Waals surface area contributed by atoms with Gasteiger partial charge in [0.1, 0.15) is 5.70 Å². The van der Waals surface area contributed by atoms with Gasteiger partial charge in [-0.05, 0) is 54.3 Å². The van der Waals surface area contributed by atoms with Gasteiger partial charge in [0.2, 0.25) is 0 Å². The quantitative estimate of drug-likeness (QED) is 0.485. The minimum Gasteiger partial charge on any atom is -0.493 e. The molecule has 0 aliphatic carbocycles. The van der Waals surface area contributed by atoms with Gasteiger partial charge in [-0.15, -0.1) is 0 Å². The molecular formula is C29H28ClN3O5. The van der Waals surface area contributed by atoms with E-state index in [0.29, 0.717) is 36.7 Å². The van der Waals surface area contributed by atoms with Crippen LogP contribution < -0.4 is 20.3 Å². The van der Waals surface area contributed by atoms with Crippen molar-refractivity contribution in [2.24, 2.45) is 5.92 Å². The molecular weight excluding hydrogens is 506 g/mol. The molecule has 3 heterocycles. The molecule has 2 aliphatic heterocycles. The molecule has 0 radical (unpaired) electrons. The SMILES string of the molecule is COc1ccc(C=C(NC(=O)c2ccccc2Cl)C(=O)N2CC3CC(C2)c2cccc(=O)n2C3)cc1OC. The monoisotopic (exact) mass is 533 g/mol. The summed E-state index contributed by atoms with van der Waals surface area (Å²) in [5, 5.41) is 3.09. The first-order valence-corrected chi connectivity index (χ1v) is 12.7. The summed E-state index contributed by atoms with van der Waals surface area (Å²) in [6.45, 7) is 1.50. The number of pyridine rings is 1. The Kier molecular flexibility index (Phi) is 7.24. The maximum absolute atomic E-state index is 13.9. The van der Waals surface area contributed by atoms with Crippen molar-refractivity contribution in [2.45, 2.75) is 18.9 Å². The van der Waals surface area contributed by atoms with Crippen LogP contribution in [0.3, 0.4) is 0 Å². The molecule has 196 valence electrons. The van der Waals surface area contributed by atoms with Gasteiger partial charge in [-0.3, -0.25) is 14.4 Å². The van der Waals surface area contributed by atoms with Gasteiger partial charge in [-0.25, -0.2) is 0 Å². The van der Waals surface area contributed by atoms with Gasteiger partial charge < -0.3 is 24.3 Å². The zero-order chi connectivity index (χ0) is 26.8. The van der Waals surface area contributed by atoms with E-state index in [0.717, 1.165) is 12.1 Å². The van der Waals surface area contributed by atoms with Crippen LogP contribution in [0.2, 0.25) is 5.02 Å². The number of aromatic nitrogens is 1. The molecule has 38 heavy (non-hydrogen) atoms. The Morgan fingerprint density at radius 2 is 1.76 bits per heavy atom. The second kappa shape index (κ2) is 10.8. The van der Waals surface area contributed by atoms with E-state index in [1.807, 2.05) is 10.6 Å². The van der Waals surface area contributed by atoms with Crippen LogP contribution in [0.1, 0.15) is 34.0 Å². The lowest BCUT2D eigenvalue weighted by molar-refractivity contribution is -0.130. The average Bonchev–Trinajstić information content (AvgIpc) is 2.93. The molecule has 3 aromatic rings. The zero-order valence-electron chi connectivity index (χ0n) is 21.1. The third-order valence-corrected chi connectivity index (χ3v) is 7.41. The van der Waals surface area contributed by atoms with Crippen LogP contribution in [-0.4, -0.2) is 48.6 Å². The van der Waals surface area contributed by atoms with Crippen LogP contribution >= 0.6 is 11.6 Å². The van der Waals surface area contributed by atoms with E-state index >= 15 is 0 Å². The van der Waals surface area contributed by atoms with E-state index in [-0.39, 0.29) is 39.6 Å². The van der Waals surface area contributed by atoms with E-state index in [2.05, 4.69) is 5.32 Å². The second-order valence-corrected chi connectivity index (χ2v) is 9.92. The Bertz CT molecular complexity index is 1480. The van der Waals surface area contributed by atoms with Crippen molar-refractivity contribution < 1.29 is 19.1 Å². The number of nitrogens with zero attached hydrogens (tertiary/aromatic N) is 2. The number of carbonyl (C=O) groups excluding carboxylic acids is 2. The fourth-order valence-corrected chi connectivity index (χ4v) is 5.55. The largest absolute Gasteiger partial charge is 0.493 e. The number of methoxy groups -OCH3 is 2. The summed E-state index contributed by atoms with van der Waals surface area (Å²) in [7, 11) is 3.08. The smallest absolute Gasteiger partial charge is 0.270 e. The van der Waals surface area contributed by atoms with Crippen LogP contribution in [0.25, 0.3) is 6.08 Å². The van der Waals surface area contributed by atoms with Crippen molar-refractivity contribution in [3.63, 3.8) is 0 Å². The van der Waals surface area contributed by atoms with E-state index in [1.54, 1.807) is 72.7 Å². The van der Waals surface area contributed by atoms with Crippen molar-refractivity contribution in [1.82, 2.24) is 14.8 Å². The first kappa shape index (κ1) is 25.6. The molecule has 0 spiro atoms. The molecule has 5 rings (SSSR count). The lowest BCUT2D eigenvalue weighted by Crippen LogP contribution is -2.50. The topological polar surface area (TPSA) is 89.9 Å². The highest BCUT2D eigenvalue weighted by atomic mass is 35.5. The van der Waals surface area contributed by atoms with Crippen LogP contribution in [0.15, 0.2) is 71.2 Å². The second-order valence-electron chi connectivity index (χ2n) is 9.51. The van der Waals surface area contributed by atoms with Crippen LogP contribution in [0, 0.1) is 5.92 Å². The fourth-order valence-electron chi connectivity index (χ4n) is 5.33. The zero-order valence-corrected chi connectivity index (χ0v) is 21.9. The van der Waals surface area contributed by atoms with Crippen molar-refractivity contribution in [3.05, 3.63) is 98.6 Å². The summed E-state index contributed by atoms with van der Waals surface area (Å²) in [6.07, 6.45) is 2.54. The molecule has 2 atom stereocenters. The highest BCUT2D eigenvalue weighted by Crippen LogP contribution is 2.35. The van der Waals surface area contributed by atoms with Gasteiger partial charge in [0.25, 0.3) is 17.4 Å². The third kappa shape index (κ3) is 5.04. The van der Waals surface area contributed by atoms with Crippen LogP contribution in [-0.2, 0) is 11.3 Å². The minimum atomic E-state index is -0.482. The number of rotatable bonds is 6. The maximum Gasteiger partial charge on any atom is 0.270 e. The lowest BCUT2D eigenvalue weighted by Gasteiger charge is -2.43. The Hall–Kier alpha value is -4.04. The standard InChI is InChI=1S/C29H28ClN3O5/c1-37-25-11-10-18(14-26(25)38-2)13-23(31-28(35)21-6-3-4-7-22(21)30)29(36)32-15-19-12-20(17-32)24-8-5-9-27(34)33(24)16-19/h3-11,13-14,19-20H,12,15-17H2,1-2H3,(H,31,35). The van der Waals surface area contributed by atoms with Crippen molar-refractivity contribution >= 4 is 29.5 Å². The van der Waals surface area contributed by atoms with Gasteiger partial charge in [0.15, 0.2) is 11.5 Å². The van der Waals surface area contributed by atoms with Gasteiger partial charge in [0.05, 0.1) is 24.8 Å². The highest BCUT2D eigenvalue weighted by molar-refractivity contribution is 6.34. The van der Waals surface area contributed by atoms with E-state index in [4.69, 9.17) is 21.1 Å². The number of likely N-dealkylation sites (tertiary alicyclic amines) is 1. The number of benzene rings is 2. The van der Waals surface area contributed by atoms with Crippen molar-refractivity contribution in [1.29, 1.82) is 0 Å². The molecule has 2 amide bonds. The molecule has 2 aromatic carbocycles. The van der Waals surface area contributed by atoms with Gasteiger partial charge in [-0.2, -0.15) is 0 Å². The highest BCUT2D eigenvalue weighted by Gasteiger charge is 2.37. The molecule has 8 nitrogen and oxygen atoms in total. The molecule has 1 N–H and O–H groups in total. The molecule has 2 bridgehead atoms. The number of halogens is 1. The predicted octanol–water partition coefficient (Wildman–Crippen LogP) is 3.94. The maximum atomic E-state index is 13.9. The Morgan fingerprint density at radius 1 is 0.974 bits per heavy atom. The number of ether oxygens (including phenoxy) is 2. The molecule has 2 aliphatic rings. The molecule has 2 unspecified atom stereocenters. The summed E-state index contributed by atoms with van der Waals surface area (Å²) in [5.41, 5.74) is 1.96. The molecule has 0 saturated carbocycles. The first-order chi connectivity index (χ1) is 18.4. The normalized spacial score (nSPS) is 18.4. The van der Waals surface area contributed by atoms with Gasteiger partial charge in [0, 0.05) is 37.3 Å². The lowest BCUT2D eigenvalue weighted by atomic mass is 9.83. The fraction of sp³-hybridized carbons (Fsp3) is 0.276. The minimum absolute atomic E-state index is 0.0157. The van der Waals surface area contributed by atoms with Crippen LogP contribution in [0.5, 0.6) is 11.5 Å². The number of nitrogens with one attached hydrogen (secondary N) is 1. The van der Waals surface area contributed by atoms with Gasteiger partial charge in [-0.1, -0.05) is 35.9 Å². The van der Waals surface area contributed by atoms with Crippen molar-refractivity contribution in [2.75, 3.05) is 27.3 Å². The predicted molar refractivity (Wildman–Crippen MR) is 145 cm³/mol. The summed E-state index contributed by atoms with van der Waals surface area (Å²) in [4.78, 5) is 41.3. The van der Waals surface area contributed by atoms with Gasteiger partial charge >= 0.3 is 0 Å². The van der Waals surface area contributed by atoms with E-state index in [1.165, 1.54) is 7.11 Å². The third-order valence-electron chi connectivity index (χ3n) is 7.08.